The normalized spacial score (nSPS) is 31.4. The lowest BCUT2D eigenvalue weighted by Gasteiger charge is -2.55. The molecule has 3 atom stereocenters. The summed E-state index contributed by atoms with van der Waals surface area (Å²) in [7, 11) is 0. The van der Waals surface area contributed by atoms with E-state index in [-0.39, 0.29) is 5.41 Å². The minimum atomic E-state index is 0.211. The molecule has 3 nitrogen and oxygen atoms in total. The Morgan fingerprint density at radius 3 is 3.05 bits per heavy atom. The molecule has 3 rings (SSSR count). The third kappa shape index (κ3) is 2.10. The monoisotopic (exact) mass is 261 g/mol. The molecule has 1 aromatic rings. The van der Waals surface area contributed by atoms with E-state index in [1.54, 1.807) is 0 Å². The van der Waals surface area contributed by atoms with Crippen molar-refractivity contribution in [1.29, 1.82) is 0 Å². The van der Waals surface area contributed by atoms with E-state index < -0.39 is 0 Å². The molecule has 0 aromatic heterocycles. The number of nitrogens with one attached hydrogen (secondary N) is 1. The standard InChI is InChI=1S/C16H23NO2/c1-4-18-12-7-5-6-11(10-12)17-14-13-8-9-19-15(13)16(14,2)3/h5-7,10,13-15,17H,4,8-9H2,1-3H3. The van der Waals surface area contributed by atoms with Crippen molar-refractivity contribution >= 4 is 5.69 Å². The lowest BCUT2D eigenvalue weighted by atomic mass is 9.57. The highest BCUT2D eigenvalue weighted by atomic mass is 16.5. The predicted molar refractivity (Wildman–Crippen MR) is 76.6 cm³/mol. The van der Waals surface area contributed by atoms with Gasteiger partial charge in [-0.1, -0.05) is 19.9 Å². The Labute approximate surface area is 115 Å². The Balaban J connectivity index is 1.73. The van der Waals surface area contributed by atoms with Crippen LogP contribution in [0.1, 0.15) is 27.2 Å². The third-order valence-corrected chi connectivity index (χ3v) is 4.57. The molecule has 1 aliphatic carbocycles. The molecule has 104 valence electrons. The lowest BCUT2D eigenvalue weighted by molar-refractivity contribution is -0.0923. The van der Waals surface area contributed by atoms with Crippen LogP contribution in [0, 0.1) is 11.3 Å². The molecule has 1 aromatic carbocycles. The maximum absolute atomic E-state index is 5.83. The van der Waals surface area contributed by atoms with Crippen LogP contribution in [0.3, 0.4) is 0 Å². The summed E-state index contributed by atoms with van der Waals surface area (Å²) in [5.41, 5.74) is 1.36. The third-order valence-electron chi connectivity index (χ3n) is 4.57. The molecule has 3 unspecified atom stereocenters. The Kier molecular flexibility index (Phi) is 3.17. The van der Waals surface area contributed by atoms with Gasteiger partial charge < -0.3 is 14.8 Å². The summed E-state index contributed by atoms with van der Waals surface area (Å²) in [5.74, 6) is 1.59. The Morgan fingerprint density at radius 1 is 1.42 bits per heavy atom. The van der Waals surface area contributed by atoms with Gasteiger partial charge >= 0.3 is 0 Å². The zero-order chi connectivity index (χ0) is 13.5. The van der Waals surface area contributed by atoms with Crippen LogP contribution in [0.5, 0.6) is 5.75 Å². The van der Waals surface area contributed by atoms with Crippen LogP contribution >= 0.6 is 0 Å². The molecule has 1 N–H and O–H groups in total. The van der Waals surface area contributed by atoms with Gasteiger partial charge in [0.25, 0.3) is 0 Å². The maximum Gasteiger partial charge on any atom is 0.121 e. The van der Waals surface area contributed by atoms with Gasteiger partial charge in [0, 0.05) is 35.7 Å². The second kappa shape index (κ2) is 4.71. The fourth-order valence-electron chi connectivity index (χ4n) is 3.64. The fraction of sp³-hybridized carbons (Fsp3) is 0.625. The second-order valence-corrected chi connectivity index (χ2v) is 6.15. The first-order valence-corrected chi connectivity index (χ1v) is 7.24. The van der Waals surface area contributed by atoms with Gasteiger partial charge in [0.2, 0.25) is 0 Å². The van der Waals surface area contributed by atoms with Crippen LogP contribution in [0.15, 0.2) is 24.3 Å². The molecule has 3 heteroatoms. The maximum atomic E-state index is 5.83. The second-order valence-electron chi connectivity index (χ2n) is 6.15. The highest BCUT2D eigenvalue weighted by Gasteiger charge is 2.59. The molecule has 1 saturated carbocycles. The molecule has 0 amide bonds. The molecule has 0 bridgehead atoms. The van der Waals surface area contributed by atoms with E-state index in [9.17, 15) is 0 Å². The molecule has 0 spiro atoms. The first kappa shape index (κ1) is 12.8. The number of ether oxygens (including phenoxy) is 2. The number of hydrogen-bond donors (Lipinski definition) is 1. The van der Waals surface area contributed by atoms with Gasteiger partial charge in [0.15, 0.2) is 0 Å². The number of hydrogen-bond acceptors (Lipinski definition) is 3. The van der Waals surface area contributed by atoms with Crippen molar-refractivity contribution in [2.24, 2.45) is 11.3 Å². The largest absolute Gasteiger partial charge is 0.494 e. The SMILES string of the molecule is CCOc1cccc(NC2C3CCOC3C2(C)C)c1. The van der Waals surface area contributed by atoms with E-state index in [1.165, 1.54) is 6.42 Å². The van der Waals surface area contributed by atoms with E-state index in [1.807, 2.05) is 19.1 Å². The number of rotatable bonds is 4. The van der Waals surface area contributed by atoms with Crippen LogP contribution in [0.25, 0.3) is 0 Å². The predicted octanol–water partition coefficient (Wildman–Crippen LogP) is 3.31. The summed E-state index contributed by atoms with van der Waals surface area (Å²) >= 11 is 0. The Hall–Kier alpha value is -1.22. The van der Waals surface area contributed by atoms with Crippen LogP contribution < -0.4 is 10.1 Å². The van der Waals surface area contributed by atoms with E-state index in [4.69, 9.17) is 9.47 Å². The van der Waals surface area contributed by atoms with Gasteiger partial charge in [-0.15, -0.1) is 0 Å². The fourth-order valence-corrected chi connectivity index (χ4v) is 3.64. The quantitative estimate of drug-likeness (QED) is 0.902. The van der Waals surface area contributed by atoms with Crippen molar-refractivity contribution in [2.75, 3.05) is 18.5 Å². The smallest absolute Gasteiger partial charge is 0.121 e. The van der Waals surface area contributed by atoms with Crippen molar-refractivity contribution in [3.05, 3.63) is 24.3 Å². The summed E-state index contributed by atoms with van der Waals surface area (Å²) in [6, 6.07) is 8.74. The molecular formula is C16H23NO2. The first-order chi connectivity index (χ1) is 9.13. The molecule has 19 heavy (non-hydrogen) atoms. The minimum absolute atomic E-state index is 0.211. The van der Waals surface area contributed by atoms with E-state index in [2.05, 4.69) is 31.3 Å². The van der Waals surface area contributed by atoms with E-state index >= 15 is 0 Å². The minimum Gasteiger partial charge on any atom is -0.494 e. The Morgan fingerprint density at radius 2 is 2.26 bits per heavy atom. The number of fused-ring (bicyclic) bond motifs is 1. The number of anilines is 1. The van der Waals surface area contributed by atoms with Gasteiger partial charge in [0.05, 0.1) is 12.7 Å². The van der Waals surface area contributed by atoms with Gasteiger partial charge in [-0.3, -0.25) is 0 Å². The zero-order valence-corrected chi connectivity index (χ0v) is 12.0. The van der Waals surface area contributed by atoms with Crippen molar-refractivity contribution in [1.82, 2.24) is 0 Å². The summed E-state index contributed by atoms with van der Waals surface area (Å²) in [5, 5.41) is 3.68. The van der Waals surface area contributed by atoms with Crippen molar-refractivity contribution in [3.63, 3.8) is 0 Å². The van der Waals surface area contributed by atoms with Gasteiger partial charge in [-0.05, 0) is 25.5 Å². The van der Waals surface area contributed by atoms with Gasteiger partial charge in [-0.2, -0.15) is 0 Å². The molecule has 2 fully saturated rings. The lowest BCUT2D eigenvalue weighted by Crippen LogP contribution is -2.63. The van der Waals surface area contributed by atoms with E-state index in [0.29, 0.717) is 24.7 Å². The molecule has 1 saturated heterocycles. The van der Waals surface area contributed by atoms with Gasteiger partial charge in [0.1, 0.15) is 5.75 Å². The number of benzene rings is 1. The molecule has 1 heterocycles. The van der Waals surface area contributed by atoms with Crippen molar-refractivity contribution in [2.45, 2.75) is 39.3 Å². The summed E-state index contributed by atoms with van der Waals surface area (Å²) < 4.78 is 11.4. The van der Waals surface area contributed by atoms with Gasteiger partial charge in [-0.25, -0.2) is 0 Å². The summed E-state index contributed by atoms with van der Waals surface area (Å²) in [4.78, 5) is 0. The average Bonchev–Trinajstić information content (AvgIpc) is 2.84. The first-order valence-electron chi connectivity index (χ1n) is 7.24. The Bertz CT molecular complexity index is 458. The van der Waals surface area contributed by atoms with Crippen LogP contribution in [0.4, 0.5) is 5.69 Å². The van der Waals surface area contributed by atoms with E-state index in [0.717, 1.165) is 18.0 Å². The average molecular weight is 261 g/mol. The summed E-state index contributed by atoms with van der Waals surface area (Å²) in [6.07, 6.45) is 1.61. The zero-order valence-electron chi connectivity index (χ0n) is 12.0. The topological polar surface area (TPSA) is 30.5 Å². The molecule has 0 radical (unpaired) electrons. The molecular weight excluding hydrogens is 238 g/mol. The van der Waals surface area contributed by atoms with Crippen molar-refractivity contribution in [3.8, 4) is 5.75 Å². The van der Waals surface area contributed by atoms with Crippen LogP contribution in [-0.4, -0.2) is 25.4 Å². The van der Waals surface area contributed by atoms with Crippen molar-refractivity contribution < 1.29 is 9.47 Å². The van der Waals surface area contributed by atoms with Crippen LogP contribution in [0.2, 0.25) is 0 Å². The summed E-state index contributed by atoms with van der Waals surface area (Å²) in [6.45, 7) is 8.22. The van der Waals surface area contributed by atoms with Crippen LogP contribution in [-0.2, 0) is 4.74 Å². The highest BCUT2D eigenvalue weighted by molar-refractivity contribution is 5.50. The highest BCUT2D eigenvalue weighted by Crippen LogP contribution is 2.53. The molecule has 1 aliphatic heterocycles. The molecule has 2 aliphatic rings.